The monoisotopic (exact) mass is 524 g/mol. The lowest BCUT2D eigenvalue weighted by atomic mass is 10.1. The van der Waals surface area contributed by atoms with Crippen molar-refractivity contribution < 1.29 is 9.53 Å². The minimum Gasteiger partial charge on any atom is -0.494 e. The molecule has 0 aliphatic heterocycles. The van der Waals surface area contributed by atoms with Gasteiger partial charge in [0.15, 0.2) is 0 Å². The summed E-state index contributed by atoms with van der Waals surface area (Å²) in [6.45, 7) is 4.20. The summed E-state index contributed by atoms with van der Waals surface area (Å²) in [5, 5.41) is 8.11. The van der Waals surface area contributed by atoms with E-state index in [9.17, 15) is 9.59 Å². The van der Waals surface area contributed by atoms with Crippen LogP contribution in [0.5, 0.6) is 5.75 Å². The third-order valence-electron chi connectivity index (χ3n) is 6.42. The van der Waals surface area contributed by atoms with Gasteiger partial charge in [0.1, 0.15) is 5.75 Å². The van der Waals surface area contributed by atoms with E-state index >= 15 is 0 Å². The zero-order chi connectivity index (χ0) is 27.4. The number of nitrogens with one attached hydrogen (secondary N) is 3. The van der Waals surface area contributed by atoms with E-state index in [0.717, 1.165) is 35.2 Å². The van der Waals surface area contributed by atoms with E-state index in [1.54, 1.807) is 16.9 Å². The summed E-state index contributed by atoms with van der Waals surface area (Å²) < 4.78 is 7.61. The van der Waals surface area contributed by atoms with Crippen LogP contribution in [0.1, 0.15) is 27.9 Å². The Bertz CT molecular complexity index is 1650. The van der Waals surface area contributed by atoms with Crippen molar-refractivity contribution in [3.8, 4) is 17.0 Å². The minimum absolute atomic E-state index is 0.259. The van der Waals surface area contributed by atoms with Gasteiger partial charge in [-0.3, -0.25) is 14.3 Å². The van der Waals surface area contributed by atoms with Crippen LogP contribution in [-0.4, -0.2) is 57.8 Å². The van der Waals surface area contributed by atoms with E-state index in [-0.39, 0.29) is 11.5 Å². The molecule has 5 rings (SSSR count). The molecular formula is C30H32N6O3. The predicted molar refractivity (Wildman–Crippen MR) is 153 cm³/mol. The number of hydrogen-bond donors (Lipinski definition) is 3. The number of carbonyl (C=O) groups excluding carboxylic acids is 1. The number of benzene rings is 2. The molecule has 0 aliphatic rings. The Morgan fingerprint density at radius 2 is 1.92 bits per heavy atom. The average molecular weight is 525 g/mol. The molecule has 2 aromatic carbocycles. The van der Waals surface area contributed by atoms with E-state index in [1.807, 2.05) is 69.6 Å². The van der Waals surface area contributed by atoms with E-state index in [0.29, 0.717) is 35.7 Å². The first-order chi connectivity index (χ1) is 18.8. The molecule has 9 nitrogen and oxygen atoms in total. The van der Waals surface area contributed by atoms with Gasteiger partial charge in [-0.25, -0.2) is 0 Å². The van der Waals surface area contributed by atoms with Crippen LogP contribution in [0.15, 0.2) is 78.0 Å². The Labute approximate surface area is 226 Å². The molecule has 0 unspecified atom stereocenters. The molecule has 5 aromatic rings. The summed E-state index contributed by atoms with van der Waals surface area (Å²) >= 11 is 0. The summed E-state index contributed by atoms with van der Waals surface area (Å²) in [5.74, 6) is 0.473. The van der Waals surface area contributed by atoms with Crippen LogP contribution >= 0.6 is 0 Å². The van der Waals surface area contributed by atoms with Crippen molar-refractivity contribution in [1.82, 2.24) is 24.6 Å². The zero-order valence-electron chi connectivity index (χ0n) is 22.3. The maximum Gasteiger partial charge on any atom is 0.258 e. The molecule has 3 aromatic heterocycles. The molecule has 3 heterocycles. The van der Waals surface area contributed by atoms with Gasteiger partial charge in [-0.05, 0) is 63.3 Å². The number of nitrogens with zero attached hydrogens (tertiary/aromatic N) is 3. The second-order valence-electron chi connectivity index (χ2n) is 9.93. The van der Waals surface area contributed by atoms with Crippen molar-refractivity contribution in [2.75, 3.05) is 32.6 Å². The number of aryl methyl sites for hydroxylation is 1. The van der Waals surface area contributed by atoms with Gasteiger partial charge in [0.05, 0.1) is 41.9 Å². The van der Waals surface area contributed by atoms with E-state index in [4.69, 9.17) is 4.74 Å². The van der Waals surface area contributed by atoms with E-state index in [1.165, 1.54) is 18.0 Å². The Morgan fingerprint density at radius 1 is 1.10 bits per heavy atom. The Kier molecular flexibility index (Phi) is 7.60. The molecule has 9 heteroatoms. The van der Waals surface area contributed by atoms with Crippen molar-refractivity contribution in [2.45, 2.75) is 19.9 Å². The number of H-pyrrole nitrogens is 2. The van der Waals surface area contributed by atoms with E-state index in [2.05, 4.69) is 25.3 Å². The van der Waals surface area contributed by atoms with Gasteiger partial charge < -0.3 is 24.9 Å². The molecule has 39 heavy (non-hydrogen) atoms. The molecule has 0 radical (unpaired) electrons. The average Bonchev–Trinajstić information content (AvgIpc) is 3.56. The SMILES string of the molecule is Cc1ccc(Cn2cc(C(=O)Nc3c[nH]c(=O)c(-c4cc5cc(OCCCN(C)C)ccc5[nH]4)c3)cn2)cc1. The number of pyridine rings is 1. The smallest absolute Gasteiger partial charge is 0.258 e. The fourth-order valence-electron chi connectivity index (χ4n) is 4.32. The van der Waals surface area contributed by atoms with Gasteiger partial charge in [0.25, 0.3) is 11.5 Å². The van der Waals surface area contributed by atoms with Crippen LogP contribution in [0.25, 0.3) is 22.2 Å². The summed E-state index contributed by atoms with van der Waals surface area (Å²) in [7, 11) is 4.08. The van der Waals surface area contributed by atoms with Gasteiger partial charge in [0, 0.05) is 29.8 Å². The second kappa shape index (κ2) is 11.4. The molecule has 0 bridgehead atoms. The zero-order valence-corrected chi connectivity index (χ0v) is 22.3. The lowest BCUT2D eigenvalue weighted by Crippen LogP contribution is -2.15. The molecule has 3 N–H and O–H groups in total. The van der Waals surface area contributed by atoms with E-state index < -0.39 is 0 Å². The molecule has 0 fully saturated rings. The second-order valence-corrected chi connectivity index (χ2v) is 9.93. The van der Waals surface area contributed by atoms with Crippen molar-refractivity contribution in [3.05, 3.63) is 100 Å². The topological polar surface area (TPSA) is 108 Å². The highest BCUT2D eigenvalue weighted by Gasteiger charge is 2.13. The normalized spacial score (nSPS) is 11.3. The predicted octanol–water partition coefficient (Wildman–Crippen LogP) is 4.66. The highest BCUT2D eigenvalue weighted by molar-refractivity contribution is 6.04. The Morgan fingerprint density at radius 3 is 2.72 bits per heavy atom. The first-order valence-corrected chi connectivity index (χ1v) is 12.9. The first kappa shape index (κ1) is 26.0. The van der Waals surface area contributed by atoms with Gasteiger partial charge in [0.2, 0.25) is 0 Å². The molecule has 1 amide bonds. The number of fused-ring (bicyclic) bond motifs is 1. The Hall–Kier alpha value is -4.63. The number of rotatable bonds is 10. The van der Waals surface area contributed by atoms with Crippen LogP contribution in [0.2, 0.25) is 0 Å². The maximum absolute atomic E-state index is 12.9. The minimum atomic E-state index is -0.309. The number of carbonyl (C=O) groups is 1. The molecule has 0 atom stereocenters. The number of hydrogen-bond acceptors (Lipinski definition) is 5. The standard InChI is InChI=1S/C30H32N6O3/c1-20-5-7-21(8-6-20)18-36-19-23(16-32-36)29(37)33-24-15-26(30(38)31-17-24)28-14-22-13-25(9-10-27(22)34-28)39-12-4-11-35(2)3/h5-10,13-17,19,34H,4,11-12,18H2,1-3H3,(H,31,38)(H,33,37). The number of aromatic amines is 2. The third kappa shape index (κ3) is 6.45. The fraction of sp³-hybridized carbons (Fsp3) is 0.233. The molecular weight excluding hydrogens is 492 g/mol. The molecule has 0 aliphatic carbocycles. The van der Waals surface area contributed by atoms with Gasteiger partial charge in [-0.15, -0.1) is 0 Å². The summed E-state index contributed by atoms with van der Waals surface area (Å²) in [4.78, 5) is 33.7. The summed E-state index contributed by atoms with van der Waals surface area (Å²) in [6.07, 6.45) is 5.67. The highest BCUT2D eigenvalue weighted by Crippen LogP contribution is 2.27. The van der Waals surface area contributed by atoms with Crippen molar-refractivity contribution in [2.24, 2.45) is 0 Å². The first-order valence-electron chi connectivity index (χ1n) is 12.9. The quantitative estimate of drug-likeness (QED) is 0.230. The molecule has 200 valence electrons. The lowest BCUT2D eigenvalue weighted by molar-refractivity contribution is 0.102. The van der Waals surface area contributed by atoms with Crippen molar-refractivity contribution >= 4 is 22.5 Å². The maximum atomic E-state index is 12.9. The van der Waals surface area contributed by atoms with Crippen molar-refractivity contribution in [3.63, 3.8) is 0 Å². The third-order valence-corrected chi connectivity index (χ3v) is 6.42. The largest absolute Gasteiger partial charge is 0.494 e. The fourth-order valence-corrected chi connectivity index (χ4v) is 4.32. The highest BCUT2D eigenvalue weighted by atomic mass is 16.5. The van der Waals surface area contributed by atoms with Crippen LogP contribution in [0.3, 0.4) is 0 Å². The molecule has 0 saturated carbocycles. The van der Waals surface area contributed by atoms with Crippen LogP contribution in [-0.2, 0) is 6.54 Å². The summed E-state index contributed by atoms with van der Waals surface area (Å²) in [5.41, 5.74) is 4.90. The number of amides is 1. The molecule has 0 spiro atoms. The van der Waals surface area contributed by atoms with Crippen LogP contribution in [0, 0.1) is 6.92 Å². The van der Waals surface area contributed by atoms with Gasteiger partial charge >= 0.3 is 0 Å². The Balaban J connectivity index is 1.28. The number of anilines is 1. The van der Waals surface area contributed by atoms with Crippen molar-refractivity contribution in [1.29, 1.82) is 0 Å². The number of aromatic nitrogens is 4. The molecule has 0 saturated heterocycles. The van der Waals surface area contributed by atoms with Gasteiger partial charge in [-0.1, -0.05) is 29.8 Å². The van der Waals surface area contributed by atoms with Crippen LogP contribution in [0.4, 0.5) is 5.69 Å². The summed E-state index contributed by atoms with van der Waals surface area (Å²) in [6, 6.07) is 17.6. The van der Waals surface area contributed by atoms with Crippen LogP contribution < -0.4 is 15.6 Å². The number of ether oxygens (including phenoxy) is 1. The lowest BCUT2D eigenvalue weighted by Gasteiger charge is -2.10. The van der Waals surface area contributed by atoms with Gasteiger partial charge in [-0.2, -0.15) is 5.10 Å².